The molecule has 1 aromatic rings. The molecule has 4 nitrogen and oxygen atoms in total. The minimum atomic E-state index is 0.836. The zero-order valence-electron chi connectivity index (χ0n) is 4.34. The van der Waals surface area contributed by atoms with Gasteiger partial charge in [0, 0.05) is 6.92 Å². The monoisotopic (exact) mass is 99.1 g/mol. The first-order chi connectivity index (χ1) is 3.29. The van der Waals surface area contributed by atoms with E-state index in [1.54, 1.807) is 11.8 Å². The van der Waals surface area contributed by atoms with Gasteiger partial charge in [0.2, 0.25) is 0 Å². The Morgan fingerprint density at radius 1 is 1.71 bits per heavy atom. The van der Waals surface area contributed by atoms with Crippen molar-refractivity contribution in [1.29, 1.82) is 0 Å². The quantitative estimate of drug-likeness (QED) is 0.421. The lowest BCUT2D eigenvalue weighted by Crippen LogP contribution is -2.33. The highest BCUT2D eigenvalue weighted by Crippen LogP contribution is 1.67. The maximum atomic E-state index is 3.67. The van der Waals surface area contributed by atoms with Crippen LogP contribution in [0.15, 0.2) is 0 Å². The predicted molar refractivity (Wildman–Crippen MR) is 22.3 cm³/mol. The molecule has 7 heavy (non-hydrogen) atoms. The van der Waals surface area contributed by atoms with Gasteiger partial charge in [-0.1, -0.05) is 4.80 Å². The van der Waals surface area contributed by atoms with E-state index in [0.29, 0.717) is 0 Å². The molecule has 1 heterocycles. The molecule has 0 saturated carbocycles. The molecular weight excluding hydrogens is 92.1 g/mol. The van der Waals surface area contributed by atoms with Crippen LogP contribution >= 0.6 is 0 Å². The van der Waals surface area contributed by atoms with Gasteiger partial charge in [-0.2, -0.15) is 5.10 Å². The van der Waals surface area contributed by atoms with E-state index >= 15 is 0 Å². The van der Waals surface area contributed by atoms with Crippen LogP contribution in [0.2, 0.25) is 0 Å². The van der Waals surface area contributed by atoms with Crippen LogP contribution < -0.4 is 4.80 Å². The average Bonchev–Trinajstić information content (AvgIpc) is 1.87. The first-order valence-electron chi connectivity index (χ1n) is 2.04. The number of tetrazole rings is 1. The van der Waals surface area contributed by atoms with Crippen LogP contribution in [0.3, 0.4) is 0 Å². The van der Waals surface area contributed by atoms with Gasteiger partial charge < -0.3 is 0 Å². The Morgan fingerprint density at radius 2 is 2.43 bits per heavy atom. The molecule has 0 atom stereocenters. The van der Waals surface area contributed by atoms with Crippen LogP contribution in [-0.4, -0.2) is 15.4 Å². The third kappa shape index (κ3) is 0.734. The Hall–Kier alpha value is -0.930. The number of hydrogen-bond donors (Lipinski definition) is 1. The summed E-state index contributed by atoms with van der Waals surface area (Å²) in [5.74, 6) is 0.836. The second-order valence-corrected chi connectivity index (χ2v) is 1.41. The molecule has 1 aromatic heterocycles. The average molecular weight is 99.1 g/mol. The molecule has 0 aliphatic heterocycles. The highest BCUT2D eigenvalue weighted by Gasteiger charge is 1.96. The fraction of sp³-hybridized carbons (Fsp3) is 0.667. The summed E-state index contributed by atoms with van der Waals surface area (Å²) in [7, 11) is 1.79. The molecule has 0 amide bonds. The Balaban J connectivity index is 3.04. The van der Waals surface area contributed by atoms with Gasteiger partial charge in [0.15, 0.2) is 5.21 Å². The number of nitrogens with one attached hydrogen (secondary N) is 1. The van der Waals surface area contributed by atoms with E-state index in [1.807, 2.05) is 6.92 Å². The molecule has 0 bridgehead atoms. The summed E-state index contributed by atoms with van der Waals surface area (Å²) in [5.41, 5.74) is 0. The Labute approximate surface area is 41.1 Å². The maximum absolute atomic E-state index is 3.67. The minimum Gasteiger partial charge on any atom is -0.169 e. The zero-order chi connectivity index (χ0) is 5.28. The second kappa shape index (κ2) is 1.29. The van der Waals surface area contributed by atoms with E-state index in [1.165, 1.54) is 0 Å². The molecule has 38 valence electrons. The Kier molecular flexibility index (Phi) is 0.780. The van der Waals surface area contributed by atoms with Gasteiger partial charge in [0.05, 0.1) is 5.10 Å². The van der Waals surface area contributed by atoms with Crippen LogP contribution in [-0.2, 0) is 7.05 Å². The normalized spacial score (nSPS) is 9.43. The molecule has 0 aliphatic carbocycles. The number of aryl methyl sites for hydroxylation is 2. The Bertz CT molecular complexity index is 139. The van der Waals surface area contributed by atoms with E-state index in [4.69, 9.17) is 0 Å². The van der Waals surface area contributed by atoms with E-state index < -0.39 is 0 Å². The van der Waals surface area contributed by atoms with Crippen molar-refractivity contribution < 1.29 is 4.80 Å². The smallest absolute Gasteiger partial charge is 0.169 e. The first-order valence-corrected chi connectivity index (χ1v) is 2.04. The second-order valence-electron chi connectivity index (χ2n) is 1.41. The van der Waals surface area contributed by atoms with E-state index in [-0.39, 0.29) is 0 Å². The standard InChI is InChI=1S/C3H6N4/c1-3-4-6-7(2)5-3/h1-2H3/p+1. The van der Waals surface area contributed by atoms with E-state index in [2.05, 4.69) is 15.4 Å². The molecule has 4 heteroatoms. The van der Waals surface area contributed by atoms with Gasteiger partial charge in [0.1, 0.15) is 7.05 Å². The van der Waals surface area contributed by atoms with Crippen molar-refractivity contribution in [2.45, 2.75) is 6.92 Å². The van der Waals surface area contributed by atoms with Gasteiger partial charge >= 0.3 is 0 Å². The zero-order valence-corrected chi connectivity index (χ0v) is 4.34. The van der Waals surface area contributed by atoms with Crippen LogP contribution in [0.4, 0.5) is 0 Å². The first kappa shape index (κ1) is 4.23. The fourth-order valence-corrected chi connectivity index (χ4v) is 0.413. The summed E-state index contributed by atoms with van der Waals surface area (Å²) < 4.78 is 0. The minimum absolute atomic E-state index is 0.836. The molecule has 1 rings (SSSR count). The Morgan fingerprint density at radius 3 is 2.57 bits per heavy atom. The van der Waals surface area contributed by atoms with Crippen LogP contribution in [0.5, 0.6) is 0 Å². The van der Waals surface area contributed by atoms with E-state index in [9.17, 15) is 0 Å². The number of aromatic amines is 1. The van der Waals surface area contributed by atoms with Crippen LogP contribution in [0, 0.1) is 6.92 Å². The maximum Gasteiger partial charge on any atom is 0.278 e. The van der Waals surface area contributed by atoms with Crippen molar-refractivity contribution in [3.8, 4) is 0 Å². The highest BCUT2D eigenvalue weighted by molar-refractivity contribution is 4.61. The third-order valence-corrected chi connectivity index (χ3v) is 0.652. The molecule has 0 aliphatic rings. The van der Waals surface area contributed by atoms with Gasteiger partial charge in [0.25, 0.3) is 5.82 Å². The van der Waals surface area contributed by atoms with Crippen LogP contribution in [0.25, 0.3) is 0 Å². The molecular formula is C3H7N4+. The lowest BCUT2D eigenvalue weighted by Gasteiger charge is -1.66. The van der Waals surface area contributed by atoms with Crippen molar-refractivity contribution in [2.75, 3.05) is 0 Å². The van der Waals surface area contributed by atoms with Crippen LogP contribution in [0.1, 0.15) is 5.82 Å². The summed E-state index contributed by atoms with van der Waals surface area (Å²) in [6, 6.07) is 0. The third-order valence-electron chi connectivity index (χ3n) is 0.652. The van der Waals surface area contributed by atoms with Crippen molar-refractivity contribution >= 4 is 0 Å². The molecule has 0 radical (unpaired) electrons. The fourth-order valence-electron chi connectivity index (χ4n) is 0.413. The topological polar surface area (TPSA) is 45.5 Å². The van der Waals surface area contributed by atoms with Crippen molar-refractivity contribution in [3.63, 3.8) is 0 Å². The summed E-state index contributed by atoms with van der Waals surface area (Å²) >= 11 is 0. The summed E-state index contributed by atoms with van der Waals surface area (Å²) in [6.45, 7) is 1.85. The molecule has 0 fully saturated rings. The summed E-state index contributed by atoms with van der Waals surface area (Å²) in [5, 5.41) is 10.1. The van der Waals surface area contributed by atoms with Gasteiger partial charge in [-0.3, -0.25) is 0 Å². The molecule has 0 unspecified atom stereocenters. The molecule has 0 aromatic carbocycles. The lowest BCUT2D eigenvalue weighted by molar-refractivity contribution is -0.784. The number of rotatable bonds is 0. The highest BCUT2D eigenvalue weighted by atomic mass is 15.6. The van der Waals surface area contributed by atoms with Crippen molar-refractivity contribution in [2.24, 2.45) is 7.05 Å². The number of H-pyrrole nitrogens is 1. The van der Waals surface area contributed by atoms with Gasteiger partial charge in [-0.05, 0) is 0 Å². The SMILES string of the molecule is Cc1nn[n+](C)[nH]1. The number of aromatic nitrogens is 4. The predicted octanol–water partition coefficient (Wildman–Crippen LogP) is -1.06. The van der Waals surface area contributed by atoms with Gasteiger partial charge in [-0.15, -0.1) is 0 Å². The van der Waals surface area contributed by atoms with E-state index in [0.717, 1.165) is 5.82 Å². The summed E-state index contributed by atoms with van der Waals surface area (Å²) in [4.78, 5) is 1.55. The lowest BCUT2D eigenvalue weighted by atomic mass is 10.8. The molecule has 0 saturated heterocycles. The van der Waals surface area contributed by atoms with Crippen molar-refractivity contribution in [1.82, 2.24) is 15.4 Å². The van der Waals surface area contributed by atoms with Gasteiger partial charge in [-0.25, -0.2) is 0 Å². The number of hydrogen-bond acceptors (Lipinski definition) is 2. The molecule has 0 spiro atoms. The van der Waals surface area contributed by atoms with Crippen molar-refractivity contribution in [3.05, 3.63) is 5.82 Å². The molecule has 1 N–H and O–H groups in total. The largest absolute Gasteiger partial charge is 0.278 e. The summed E-state index contributed by atoms with van der Waals surface area (Å²) in [6.07, 6.45) is 0. The number of nitrogens with zero attached hydrogens (tertiary/aromatic N) is 3.